The maximum Gasteiger partial charge on any atom is 0.425 e. The first kappa shape index (κ1) is 30.7. The highest BCUT2D eigenvalue weighted by atomic mass is 19.4. The van der Waals surface area contributed by atoms with Crippen LogP contribution in [0.15, 0.2) is 47.7 Å². The van der Waals surface area contributed by atoms with Gasteiger partial charge in [0.15, 0.2) is 17.3 Å². The van der Waals surface area contributed by atoms with Crippen molar-refractivity contribution in [3.63, 3.8) is 0 Å². The number of amides is 2. The molecule has 1 N–H and O–H groups in total. The van der Waals surface area contributed by atoms with Crippen LogP contribution < -0.4 is 24.3 Å². The molecule has 42 heavy (non-hydrogen) atoms. The molecule has 2 amide bonds. The molecule has 12 heteroatoms. The molecule has 9 nitrogen and oxygen atoms in total. The summed E-state index contributed by atoms with van der Waals surface area (Å²) in [7, 11) is 5.42. The molecule has 0 fully saturated rings. The van der Waals surface area contributed by atoms with E-state index in [-0.39, 0.29) is 54.3 Å². The van der Waals surface area contributed by atoms with Gasteiger partial charge in [0, 0.05) is 24.2 Å². The van der Waals surface area contributed by atoms with E-state index < -0.39 is 40.3 Å². The van der Waals surface area contributed by atoms with Gasteiger partial charge in [0.2, 0.25) is 11.3 Å². The van der Waals surface area contributed by atoms with E-state index in [4.69, 9.17) is 18.9 Å². The second kappa shape index (κ2) is 11.2. The number of carbonyl (C=O) groups is 3. The number of halogens is 3. The van der Waals surface area contributed by atoms with Gasteiger partial charge in [-0.15, -0.1) is 0 Å². The summed E-state index contributed by atoms with van der Waals surface area (Å²) in [6, 6.07) is 9.24. The number of Topliss-reactive ketones (excluding diaryl/α,β-unsaturated/α-hetero) is 1. The molecule has 2 aromatic carbocycles. The lowest BCUT2D eigenvalue weighted by Gasteiger charge is -2.35. The number of benzene rings is 2. The van der Waals surface area contributed by atoms with Crippen LogP contribution >= 0.6 is 0 Å². The zero-order valence-corrected chi connectivity index (χ0v) is 24.2. The van der Waals surface area contributed by atoms with E-state index in [1.54, 1.807) is 38.1 Å². The molecule has 1 heterocycles. The molecule has 1 atom stereocenters. The van der Waals surface area contributed by atoms with Gasteiger partial charge in [-0.3, -0.25) is 14.4 Å². The fourth-order valence-corrected chi connectivity index (χ4v) is 5.55. The first-order chi connectivity index (χ1) is 19.7. The van der Waals surface area contributed by atoms with Gasteiger partial charge in [0.05, 0.1) is 34.0 Å². The van der Waals surface area contributed by atoms with Crippen molar-refractivity contribution in [3.05, 3.63) is 58.8 Å². The Hall–Kier alpha value is -4.22. The molecule has 1 unspecified atom stereocenters. The van der Waals surface area contributed by atoms with Crippen molar-refractivity contribution in [1.29, 1.82) is 0 Å². The Labute approximate surface area is 241 Å². The molecule has 0 aromatic heterocycles. The molecule has 0 saturated heterocycles. The van der Waals surface area contributed by atoms with Crippen molar-refractivity contribution < 1.29 is 46.5 Å². The standard InChI is InChI=1S/C30H33F3N2O7/c1-28(2)15-20-24(21(36)16-28)29(30(31,32)33,27(38)35(20)12-11-17-7-9-19(39-3)10-8-17)34-26(37)18-13-22(40-4)25(42-6)23(14-18)41-5/h7-10,13-14H,11-12,15-16H2,1-6H3,(H,34,37). The third-order valence-electron chi connectivity index (χ3n) is 7.56. The minimum absolute atomic E-state index is 0.0253. The maximum absolute atomic E-state index is 15.2. The van der Waals surface area contributed by atoms with Crippen LogP contribution in [-0.4, -0.2) is 69.2 Å². The highest BCUT2D eigenvalue weighted by Gasteiger charge is 2.71. The Morgan fingerprint density at radius 3 is 2.02 bits per heavy atom. The molecule has 226 valence electrons. The molecular formula is C30H33F3N2O7. The number of ether oxygens (including phenoxy) is 4. The molecule has 1 aliphatic heterocycles. The number of nitrogens with zero attached hydrogens (tertiary/aromatic N) is 1. The van der Waals surface area contributed by atoms with Crippen molar-refractivity contribution in [2.24, 2.45) is 5.41 Å². The molecule has 1 aliphatic carbocycles. The molecule has 0 spiro atoms. The van der Waals surface area contributed by atoms with Crippen LogP contribution in [0.2, 0.25) is 0 Å². The Morgan fingerprint density at radius 2 is 1.52 bits per heavy atom. The van der Waals surface area contributed by atoms with Gasteiger partial charge in [-0.2, -0.15) is 13.2 Å². The number of hydrogen-bond donors (Lipinski definition) is 1. The molecule has 4 rings (SSSR count). The highest BCUT2D eigenvalue weighted by molar-refractivity contribution is 6.14. The van der Waals surface area contributed by atoms with E-state index in [9.17, 15) is 14.4 Å². The van der Waals surface area contributed by atoms with E-state index in [2.05, 4.69) is 0 Å². The summed E-state index contributed by atoms with van der Waals surface area (Å²) in [4.78, 5) is 41.9. The van der Waals surface area contributed by atoms with Gasteiger partial charge >= 0.3 is 6.18 Å². The quantitative estimate of drug-likeness (QED) is 0.460. The third-order valence-corrected chi connectivity index (χ3v) is 7.56. The van der Waals surface area contributed by atoms with Crippen LogP contribution in [0, 0.1) is 5.41 Å². The predicted octanol–water partition coefficient (Wildman–Crippen LogP) is 4.48. The Morgan fingerprint density at radius 1 is 0.929 bits per heavy atom. The van der Waals surface area contributed by atoms with Gasteiger partial charge in [-0.1, -0.05) is 26.0 Å². The summed E-state index contributed by atoms with van der Waals surface area (Å²) in [6.07, 6.45) is -5.31. The van der Waals surface area contributed by atoms with Gasteiger partial charge in [-0.05, 0) is 48.1 Å². The van der Waals surface area contributed by atoms with E-state index in [1.807, 2.05) is 5.32 Å². The smallest absolute Gasteiger partial charge is 0.425 e. The van der Waals surface area contributed by atoms with Crippen molar-refractivity contribution in [2.75, 3.05) is 35.0 Å². The lowest BCUT2D eigenvalue weighted by molar-refractivity contribution is -0.190. The largest absolute Gasteiger partial charge is 0.497 e. The summed E-state index contributed by atoms with van der Waals surface area (Å²) in [5.74, 6) is -2.75. The van der Waals surface area contributed by atoms with Crippen LogP contribution in [-0.2, 0) is 16.0 Å². The SMILES string of the molecule is COc1ccc(CCN2C(=O)C(NC(=O)c3cc(OC)c(OC)c(OC)c3)(C(F)(F)F)C3=C2CC(C)(C)CC3=O)cc1. The molecule has 0 radical (unpaired) electrons. The predicted molar refractivity (Wildman–Crippen MR) is 146 cm³/mol. The van der Waals surface area contributed by atoms with E-state index in [0.717, 1.165) is 10.5 Å². The van der Waals surface area contributed by atoms with E-state index in [1.165, 1.54) is 40.6 Å². The molecule has 2 aromatic rings. The van der Waals surface area contributed by atoms with Crippen molar-refractivity contribution in [3.8, 4) is 23.0 Å². The van der Waals surface area contributed by atoms with E-state index in [0.29, 0.717) is 5.75 Å². The van der Waals surface area contributed by atoms with Crippen LogP contribution in [0.3, 0.4) is 0 Å². The number of carbonyl (C=O) groups excluding carboxylic acids is 3. The topological polar surface area (TPSA) is 103 Å². The maximum atomic E-state index is 15.2. The monoisotopic (exact) mass is 590 g/mol. The second-order valence-electron chi connectivity index (χ2n) is 10.9. The second-order valence-corrected chi connectivity index (χ2v) is 10.9. The zero-order chi connectivity index (χ0) is 31.0. The zero-order valence-electron chi connectivity index (χ0n) is 24.2. The first-order valence-electron chi connectivity index (χ1n) is 13.1. The number of allylic oxidation sites excluding steroid dienone is 1. The van der Waals surface area contributed by atoms with Crippen molar-refractivity contribution in [1.82, 2.24) is 10.2 Å². The van der Waals surface area contributed by atoms with Crippen molar-refractivity contribution >= 4 is 17.6 Å². The number of nitrogens with one attached hydrogen (secondary N) is 1. The number of hydrogen-bond acceptors (Lipinski definition) is 7. The van der Waals surface area contributed by atoms with Gasteiger partial charge in [0.25, 0.3) is 11.8 Å². The van der Waals surface area contributed by atoms with Crippen LogP contribution in [0.4, 0.5) is 13.2 Å². The number of methoxy groups -OCH3 is 4. The normalized spacial score (nSPS) is 19.9. The van der Waals surface area contributed by atoms with Crippen LogP contribution in [0.1, 0.15) is 42.6 Å². The lowest BCUT2D eigenvalue weighted by atomic mass is 9.72. The summed E-state index contributed by atoms with van der Waals surface area (Å²) < 4.78 is 66.4. The first-order valence-corrected chi connectivity index (χ1v) is 13.1. The molecule has 0 saturated carbocycles. The number of ketones is 1. The average molecular weight is 591 g/mol. The Bertz CT molecular complexity index is 1410. The van der Waals surface area contributed by atoms with Gasteiger partial charge in [-0.25, -0.2) is 0 Å². The summed E-state index contributed by atoms with van der Waals surface area (Å²) in [6.45, 7) is 3.37. The lowest BCUT2D eigenvalue weighted by Crippen LogP contribution is -2.66. The third kappa shape index (κ3) is 5.25. The Kier molecular flexibility index (Phi) is 8.21. The molecule has 2 aliphatic rings. The van der Waals surface area contributed by atoms with Gasteiger partial charge in [0.1, 0.15) is 5.75 Å². The number of rotatable bonds is 9. The van der Waals surface area contributed by atoms with Crippen LogP contribution in [0.5, 0.6) is 23.0 Å². The Balaban J connectivity index is 1.80. The minimum Gasteiger partial charge on any atom is -0.497 e. The van der Waals surface area contributed by atoms with Crippen LogP contribution in [0.25, 0.3) is 0 Å². The summed E-state index contributed by atoms with van der Waals surface area (Å²) >= 11 is 0. The van der Waals surface area contributed by atoms with Crippen molar-refractivity contribution in [2.45, 2.75) is 44.8 Å². The molecular weight excluding hydrogens is 557 g/mol. The highest BCUT2D eigenvalue weighted by Crippen LogP contribution is 2.52. The average Bonchev–Trinajstić information content (AvgIpc) is 3.17. The van der Waals surface area contributed by atoms with Gasteiger partial charge < -0.3 is 29.2 Å². The summed E-state index contributed by atoms with van der Waals surface area (Å²) in [5, 5.41) is 1.94. The fraction of sp³-hybridized carbons (Fsp3) is 0.433. The number of alkyl halides is 3. The summed E-state index contributed by atoms with van der Waals surface area (Å²) in [5.41, 5.74) is -4.59. The molecule has 0 bridgehead atoms. The fourth-order valence-electron chi connectivity index (χ4n) is 5.55. The minimum atomic E-state index is -5.34. The van der Waals surface area contributed by atoms with E-state index >= 15 is 13.2 Å².